The van der Waals surface area contributed by atoms with E-state index in [4.69, 9.17) is 16.3 Å². The molecule has 0 saturated carbocycles. The van der Waals surface area contributed by atoms with Crippen molar-refractivity contribution >= 4 is 51.3 Å². The molecule has 5 nitrogen and oxygen atoms in total. The minimum atomic E-state index is -0.388. The Balaban J connectivity index is 1.52. The second-order valence-electron chi connectivity index (χ2n) is 6.02. The first kappa shape index (κ1) is 17.0. The Labute approximate surface area is 163 Å². The molecule has 3 aromatic rings. The molecule has 1 fully saturated rings. The number of nitrogens with one attached hydrogen (secondary N) is 1. The molecule has 0 spiro atoms. The molecular weight excluding hydrogens is 458 g/mol. The summed E-state index contributed by atoms with van der Waals surface area (Å²) in [5.74, 6) is 0.399. The number of benzene rings is 1. The summed E-state index contributed by atoms with van der Waals surface area (Å²) < 4.78 is 24.9. The Morgan fingerprint density at radius 1 is 1.32 bits per heavy atom. The van der Waals surface area contributed by atoms with Crippen LogP contribution in [0.15, 0.2) is 36.8 Å². The summed E-state index contributed by atoms with van der Waals surface area (Å²) in [6.07, 6.45) is 5.97. The Morgan fingerprint density at radius 3 is 3.00 bits per heavy atom. The van der Waals surface area contributed by atoms with Gasteiger partial charge in [-0.2, -0.15) is 0 Å². The van der Waals surface area contributed by atoms with Crippen LogP contribution in [0, 0.1) is 5.82 Å². The van der Waals surface area contributed by atoms with Crippen LogP contribution in [0.5, 0.6) is 0 Å². The van der Waals surface area contributed by atoms with Gasteiger partial charge in [0.1, 0.15) is 29.8 Å². The van der Waals surface area contributed by atoms with Gasteiger partial charge in [0.25, 0.3) is 0 Å². The van der Waals surface area contributed by atoms with Crippen molar-refractivity contribution in [3.8, 4) is 0 Å². The Hall–Kier alpha value is -1.45. The first-order valence-electron chi connectivity index (χ1n) is 7.93. The lowest BCUT2D eigenvalue weighted by atomic mass is 10.1. The molecule has 0 amide bonds. The normalized spacial score (nSPS) is 20.3. The van der Waals surface area contributed by atoms with Gasteiger partial charge in [0, 0.05) is 6.20 Å². The number of fused-ring (bicyclic) bond motifs is 1. The van der Waals surface area contributed by atoms with Crippen molar-refractivity contribution in [1.29, 1.82) is 0 Å². The maximum Gasteiger partial charge on any atom is 0.147 e. The highest BCUT2D eigenvalue weighted by Crippen LogP contribution is 2.34. The van der Waals surface area contributed by atoms with Crippen molar-refractivity contribution in [3.63, 3.8) is 0 Å². The van der Waals surface area contributed by atoms with E-state index in [0.717, 1.165) is 35.3 Å². The minimum absolute atomic E-state index is 0.0482. The summed E-state index contributed by atoms with van der Waals surface area (Å²) in [6.45, 7) is 0. The van der Waals surface area contributed by atoms with Crippen LogP contribution in [-0.2, 0) is 11.2 Å². The van der Waals surface area contributed by atoms with E-state index < -0.39 is 0 Å². The van der Waals surface area contributed by atoms with E-state index in [1.807, 2.05) is 22.9 Å². The van der Waals surface area contributed by atoms with Gasteiger partial charge in [0.05, 0.1) is 39.4 Å². The number of hydrogen-bond acceptors (Lipinski definition) is 4. The maximum absolute atomic E-state index is 13.6. The van der Waals surface area contributed by atoms with Gasteiger partial charge in [-0.05, 0) is 43.0 Å². The van der Waals surface area contributed by atoms with Crippen molar-refractivity contribution < 1.29 is 9.13 Å². The highest BCUT2D eigenvalue weighted by Gasteiger charge is 2.28. The molecule has 0 unspecified atom stereocenters. The summed E-state index contributed by atoms with van der Waals surface area (Å²) in [7, 11) is 0. The van der Waals surface area contributed by atoms with E-state index >= 15 is 0 Å². The van der Waals surface area contributed by atoms with E-state index in [2.05, 4.69) is 36.4 Å². The molecule has 3 heterocycles. The Morgan fingerprint density at radius 2 is 2.20 bits per heavy atom. The molecule has 0 aliphatic carbocycles. The van der Waals surface area contributed by atoms with Gasteiger partial charge >= 0.3 is 0 Å². The number of aromatic nitrogens is 3. The molecule has 8 heteroatoms. The molecule has 1 N–H and O–H groups in total. The molecule has 0 radical (unpaired) electrons. The molecule has 1 aliphatic rings. The summed E-state index contributed by atoms with van der Waals surface area (Å²) in [5, 5.41) is 1.11. The van der Waals surface area contributed by atoms with Gasteiger partial charge in [0.15, 0.2) is 0 Å². The van der Waals surface area contributed by atoms with E-state index in [9.17, 15) is 4.39 Å². The zero-order chi connectivity index (χ0) is 17.4. The second kappa shape index (κ2) is 7.05. The van der Waals surface area contributed by atoms with Crippen LogP contribution in [-0.4, -0.2) is 20.6 Å². The smallest absolute Gasteiger partial charge is 0.147 e. The predicted molar refractivity (Wildman–Crippen MR) is 103 cm³/mol. The monoisotopic (exact) mass is 472 g/mol. The third-order valence-corrected chi connectivity index (χ3v) is 5.26. The summed E-state index contributed by atoms with van der Waals surface area (Å²) in [4.78, 5) is 8.61. The number of rotatable bonds is 4. The van der Waals surface area contributed by atoms with Gasteiger partial charge in [-0.3, -0.25) is 0 Å². The molecule has 1 aromatic carbocycles. The molecule has 1 saturated heterocycles. The van der Waals surface area contributed by atoms with Gasteiger partial charge in [-0.25, -0.2) is 14.4 Å². The van der Waals surface area contributed by atoms with E-state index in [1.165, 1.54) is 6.07 Å². The first-order chi connectivity index (χ1) is 12.2. The predicted octanol–water partition coefficient (Wildman–Crippen LogP) is 4.91. The van der Waals surface area contributed by atoms with E-state index in [-0.39, 0.29) is 23.2 Å². The van der Waals surface area contributed by atoms with Crippen LogP contribution >= 0.6 is 34.5 Å². The number of nitrogens with zero attached hydrogens (tertiary/aromatic N) is 3. The quantitative estimate of drug-likeness (QED) is 0.433. The average Bonchev–Trinajstić information content (AvgIpc) is 3.24. The van der Waals surface area contributed by atoms with Gasteiger partial charge in [-0.1, -0.05) is 17.7 Å². The fourth-order valence-corrected chi connectivity index (χ4v) is 3.80. The summed E-state index contributed by atoms with van der Waals surface area (Å²) in [5.41, 5.74) is 1.74. The third kappa shape index (κ3) is 3.32. The number of ether oxygens (including phenoxy) is 1. The zero-order valence-corrected chi connectivity index (χ0v) is 16.0. The summed E-state index contributed by atoms with van der Waals surface area (Å²) in [6, 6.07) is 6.91. The van der Waals surface area contributed by atoms with Crippen LogP contribution in [0.2, 0.25) is 5.02 Å². The molecular formula is C17H15ClFIN4O. The number of halogens is 3. The van der Waals surface area contributed by atoms with Crippen LogP contribution in [0.3, 0.4) is 0 Å². The summed E-state index contributed by atoms with van der Waals surface area (Å²) >= 11 is 7.80. The van der Waals surface area contributed by atoms with Crippen LogP contribution in [0.4, 0.5) is 10.2 Å². The average molecular weight is 473 g/mol. The topological polar surface area (TPSA) is 52.0 Å². The van der Waals surface area contributed by atoms with Crippen molar-refractivity contribution in [3.05, 3.63) is 53.2 Å². The molecule has 4 rings (SSSR count). The first-order valence-corrected chi connectivity index (χ1v) is 9.39. The Kier molecular flexibility index (Phi) is 4.79. The van der Waals surface area contributed by atoms with E-state index in [0.29, 0.717) is 6.42 Å². The standard InChI is InChI=1S/C17H15ClFIN4O/c18-13-3-1-10(8-14(13)19)7-11-2-4-15(25-11)24-6-5-12-16(23-20)21-9-22-17(12)24/h1,3,5-6,8-9,11,15H,2,4,7H2,(H,21,22,23)/t11-,15+/m0/s1. The maximum atomic E-state index is 13.6. The number of anilines is 1. The molecule has 1 aliphatic heterocycles. The molecule has 25 heavy (non-hydrogen) atoms. The lowest BCUT2D eigenvalue weighted by Gasteiger charge is -2.16. The van der Waals surface area contributed by atoms with Crippen molar-refractivity contribution in [2.75, 3.05) is 3.53 Å². The van der Waals surface area contributed by atoms with Gasteiger partial charge in [-0.15, -0.1) is 0 Å². The van der Waals surface area contributed by atoms with Gasteiger partial charge in [0.2, 0.25) is 0 Å². The highest BCUT2D eigenvalue weighted by molar-refractivity contribution is 14.1. The fourth-order valence-electron chi connectivity index (χ4n) is 3.25. The lowest BCUT2D eigenvalue weighted by Crippen LogP contribution is -2.13. The van der Waals surface area contributed by atoms with Crippen molar-refractivity contribution in [1.82, 2.24) is 14.5 Å². The zero-order valence-electron chi connectivity index (χ0n) is 13.1. The fraction of sp³-hybridized carbons (Fsp3) is 0.294. The third-order valence-electron chi connectivity index (χ3n) is 4.44. The van der Waals surface area contributed by atoms with Gasteiger partial charge < -0.3 is 12.8 Å². The van der Waals surface area contributed by atoms with Crippen LogP contribution in [0.25, 0.3) is 11.0 Å². The molecule has 2 atom stereocenters. The van der Waals surface area contributed by atoms with Crippen LogP contribution in [0.1, 0.15) is 24.6 Å². The highest BCUT2D eigenvalue weighted by atomic mass is 127. The largest absolute Gasteiger partial charge is 0.354 e. The molecule has 130 valence electrons. The van der Waals surface area contributed by atoms with Crippen molar-refractivity contribution in [2.24, 2.45) is 0 Å². The SMILES string of the molecule is Fc1cc(C[C@@H]2CC[C@H](n3ccc4c(NI)ncnc43)O2)ccc1Cl. The second-order valence-corrected chi connectivity index (χ2v) is 6.97. The minimum Gasteiger partial charge on any atom is -0.354 e. The number of hydrogen-bond donors (Lipinski definition) is 1. The van der Waals surface area contributed by atoms with Crippen LogP contribution < -0.4 is 3.53 Å². The lowest BCUT2D eigenvalue weighted by molar-refractivity contribution is 0.00504. The Bertz CT molecular complexity index is 919. The van der Waals surface area contributed by atoms with Crippen molar-refractivity contribution in [2.45, 2.75) is 31.6 Å². The molecule has 0 bridgehead atoms. The van der Waals surface area contributed by atoms with E-state index in [1.54, 1.807) is 12.4 Å². The molecule has 2 aromatic heterocycles.